The van der Waals surface area contributed by atoms with Crippen LogP contribution in [-0.2, 0) is 13.2 Å². The number of rotatable bonds is 3. The predicted molar refractivity (Wildman–Crippen MR) is 53.5 cm³/mol. The van der Waals surface area contributed by atoms with Gasteiger partial charge in [0.15, 0.2) is 0 Å². The summed E-state index contributed by atoms with van der Waals surface area (Å²) in [6.45, 7) is 6.28. The molecule has 0 fully saturated rings. The van der Waals surface area contributed by atoms with Gasteiger partial charge in [0.2, 0.25) is 0 Å². The van der Waals surface area contributed by atoms with Gasteiger partial charge in [0, 0.05) is 5.56 Å². The first-order chi connectivity index (χ1) is 5.99. The first-order valence-corrected chi connectivity index (χ1v) is 7.83. The van der Waals surface area contributed by atoms with Crippen LogP contribution in [0.3, 0.4) is 0 Å². The molecule has 0 atom stereocenters. The highest BCUT2D eigenvalue weighted by Gasteiger charge is 2.23. The van der Waals surface area contributed by atoms with E-state index in [-0.39, 0.29) is 13.2 Å². The van der Waals surface area contributed by atoms with Crippen LogP contribution in [0.2, 0.25) is 19.6 Å². The van der Waals surface area contributed by atoms with Gasteiger partial charge < -0.3 is 14.6 Å². The molecule has 0 bridgehead atoms. The van der Waals surface area contributed by atoms with Crippen molar-refractivity contribution in [1.82, 2.24) is 0 Å². The summed E-state index contributed by atoms with van der Waals surface area (Å²) in [6.07, 6.45) is 0. The van der Waals surface area contributed by atoms with Crippen molar-refractivity contribution in [2.45, 2.75) is 32.9 Å². The number of hydrogen-bond donors (Lipinski definition) is 2. The van der Waals surface area contributed by atoms with Gasteiger partial charge in [0.05, 0.1) is 12.0 Å². The third-order valence-corrected chi connectivity index (χ3v) is 3.67. The van der Waals surface area contributed by atoms with E-state index in [0.717, 1.165) is 5.38 Å². The number of furan rings is 1. The Balaban J connectivity index is 3.07. The molecule has 0 amide bonds. The van der Waals surface area contributed by atoms with Gasteiger partial charge in [-0.3, -0.25) is 0 Å². The Morgan fingerprint density at radius 1 is 1.23 bits per heavy atom. The smallest absolute Gasteiger partial charge is 0.134 e. The van der Waals surface area contributed by atoms with Crippen molar-refractivity contribution < 1.29 is 14.6 Å². The molecule has 0 saturated carbocycles. The largest absolute Gasteiger partial charge is 0.468 e. The van der Waals surface area contributed by atoms with Crippen molar-refractivity contribution in [2.75, 3.05) is 0 Å². The average molecular weight is 200 g/mol. The summed E-state index contributed by atoms with van der Waals surface area (Å²) in [5.41, 5.74) is 0.708. The van der Waals surface area contributed by atoms with Gasteiger partial charge in [-0.05, 0) is 6.07 Å². The van der Waals surface area contributed by atoms with Crippen LogP contribution in [-0.4, -0.2) is 18.3 Å². The van der Waals surface area contributed by atoms with E-state index in [1.165, 1.54) is 0 Å². The van der Waals surface area contributed by atoms with E-state index >= 15 is 0 Å². The second kappa shape index (κ2) is 3.65. The molecule has 1 aromatic heterocycles. The molecule has 0 aliphatic rings. The second-order valence-corrected chi connectivity index (χ2v) is 9.12. The summed E-state index contributed by atoms with van der Waals surface area (Å²) < 4.78 is 5.47. The van der Waals surface area contributed by atoms with Crippen LogP contribution in [0, 0.1) is 0 Å². The molecule has 0 radical (unpaired) electrons. The quantitative estimate of drug-likeness (QED) is 0.710. The van der Waals surface area contributed by atoms with Crippen LogP contribution in [0.15, 0.2) is 10.5 Å². The third kappa shape index (κ3) is 2.21. The molecule has 3 nitrogen and oxygen atoms in total. The first kappa shape index (κ1) is 10.5. The van der Waals surface area contributed by atoms with E-state index in [0.29, 0.717) is 11.3 Å². The van der Waals surface area contributed by atoms with E-state index in [2.05, 4.69) is 19.6 Å². The lowest BCUT2D eigenvalue weighted by molar-refractivity contribution is 0.234. The zero-order valence-electron chi connectivity index (χ0n) is 8.29. The van der Waals surface area contributed by atoms with Crippen LogP contribution < -0.4 is 5.38 Å². The van der Waals surface area contributed by atoms with Gasteiger partial charge in [-0.2, -0.15) is 0 Å². The normalized spacial score (nSPS) is 12.1. The Labute approximate surface area is 79.0 Å². The summed E-state index contributed by atoms with van der Waals surface area (Å²) in [4.78, 5) is 0. The molecule has 0 aliphatic heterocycles. The SMILES string of the molecule is C[Si](C)(C)c1cc(CO)c(CO)o1. The van der Waals surface area contributed by atoms with E-state index < -0.39 is 8.07 Å². The Hall–Kier alpha value is -0.583. The van der Waals surface area contributed by atoms with Crippen molar-refractivity contribution in [1.29, 1.82) is 0 Å². The Morgan fingerprint density at radius 2 is 1.85 bits per heavy atom. The second-order valence-electron chi connectivity index (χ2n) is 4.13. The molecule has 0 aromatic carbocycles. The fourth-order valence-electron chi connectivity index (χ4n) is 1.10. The van der Waals surface area contributed by atoms with Crippen LogP contribution in [0.5, 0.6) is 0 Å². The first-order valence-electron chi connectivity index (χ1n) is 4.33. The van der Waals surface area contributed by atoms with Crippen LogP contribution in [0.25, 0.3) is 0 Å². The van der Waals surface area contributed by atoms with Gasteiger partial charge >= 0.3 is 0 Å². The lowest BCUT2D eigenvalue weighted by Crippen LogP contribution is -2.36. The van der Waals surface area contributed by atoms with Crippen molar-refractivity contribution in [2.24, 2.45) is 0 Å². The number of aliphatic hydroxyl groups is 2. The van der Waals surface area contributed by atoms with Crippen molar-refractivity contribution >= 4 is 13.5 Å². The Bertz CT molecular complexity index is 264. The minimum atomic E-state index is -1.47. The third-order valence-electron chi connectivity index (χ3n) is 1.95. The summed E-state index contributed by atoms with van der Waals surface area (Å²) in [7, 11) is -1.47. The molecular formula is C9H16O3Si. The maximum atomic E-state index is 8.97. The van der Waals surface area contributed by atoms with Gasteiger partial charge in [-0.25, -0.2) is 0 Å². The monoisotopic (exact) mass is 200 g/mol. The van der Waals surface area contributed by atoms with Gasteiger partial charge in [0.25, 0.3) is 0 Å². The molecule has 1 aromatic rings. The lowest BCUT2D eigenvalue weighted by atomic mass is 10.3. The molecule has 2 N–H and O–H groups in total. The van der Waals surface area contributed by atoms with Crippen LogP contribution in [0.1, 0.15) is 11.3 Å². The van der Waals surface area contributed by atoms with Crippen molar-refractivity contribution in [3.8, 4) is 0 Å². The van der Waals surface area contributed by atoms with Gasteiger partial charge in [-0.15, -0.1) is 0 Å². The highest BCUT2D eigenvalue weighted by Crippen LogP contribution is 2.13. The fraction of sp³-hybridized carbons (Fsp3) is 0.556. The van der Waals surface area contributed by atoms with E-state index in [4.69, 9.17) is 14.6 Å². The molecule has 0 spiro atoms. The average Bonchev–Trinajstić information content (AvgIpc) is 2.45. The maximum Gasteiger partial charge on any atom is 0.134 e. The molecule has 0 saturated heterocycles. The topological polar surface area (TPSA) is 53.6 Å². The Kier molecular flexibility index (Phi) is 2.95. The highest BCUT2D eigenvalue weighted by atomic mass is 28.3. The van der Waals surface area contributed by atoms with Crippen molar-refractivity contribution in [3.63, 3.8) is 0 Å². The standard InChI is InChI=1S/C9H16O3Si/c1-13(2,3)9-4-7(5-10)8(6-11)12-9/h4,10-11H,5-6H2,1-3H3. The van der Waals surface area contributed by atoms with Crippen LogP contribution >= 0.6 is 0 Å². The molecule has 74 valence electrons. The predicted octanol–water partition coefficient (Wildman–Crippen LogP) is 0.809. The summed E-state index contributed by atoms with van der Waals surface area (Å²) in [6, 6.07) is 1.86. The van der Waals surface area contributed by atoms with E-state index in [1.807, 2.05) is 6.07 Å². The molecule has 1 rings (SSSR count). The van der Waals surface area contributed by atoms with Crippen LogP contribution in [0.4, 0.5) is 0 Å². The molecule has 0 aliphatic carbocycles. The molecular weight excluding hydrogens is 184 g/mol. The van der Waals surface area contributed by atoms with E-state index in [9.17, 15) is 0 Å². The summed E-state index contributed by atoms with van der Waals surface area (Å²) in [5, 5.41) is 18.8. The molecule has 1 heterocycles. The number of aliphatic hydroxyl groups excluding tert-OH is 2. The molecule has 13 heavy (non-hydrogen) atoms. The van der Waals surface area contributed by atoms with Gasteiger partial charge in [-0.1, -0.05) is 19.6 Å². The van der Waals surface area contributed by atoms with Gasteiger partial charge in [0.1, 0.15) is 20.4 Å². The fourth-order valence-corrected chi connectivity index (χ4v) is 2.14. The minimum absolute atomic E-state index is 0.0656. The highest BCUT2D eigenvalue weighted by molar-refractivity contribution is 6.87. The number of hydrogen-bond acceptors (Lipinski definition) is 3. The summed E-state index contributed by atoms with van der Waals surface area (Å²) in [5.74, 6) is 0.500. The van der Waals surface area contributed by atoms with E-state index in [1.54, 1.807) is 0 Å². The summed E-state index contributed by atoms with van der Waals surface area (Å²) >= 11 is 0. The lowest BCUT2D eigenvalue weighted by Gasteiger charge is -2.10. The minimum Gasteiger partial charge on any atom is -0.468 e. The Morgan fingerprint density at radius 3 is 2.15 bits per heavy atom. The molecule has 0 unspecified atom stereocenters. The maximum absolute atomic E-state index is 8.97. The zero-order chi connectivity index (χ0) is 10.1. The zero-order valence-corrected chi connectivity index (χ0v) is 9.29. The molecule has 4 heteroatoms. The van der Waals surface area contributed by atoms with Crippen molar-refractivity contribution in [3.05, 3.63) is 17.4 Å².